The Morgan fingerprint density at radius 2 is 1.63 bits per heavy atom. The van der Waals surface area contributed by atoms with Crippen LogP contribution in [0, 0.1) is 6.92 Å². The van der Waals surface area contributed by atoms with Crippen LogP contribution in [0.2, 0.25) is 15.1 Å². The zero-order chi connectivity index (χ0) is 31.3. The number of ether oxygens (including phenoxy) is 1. The van der Waals surface area contributed by atoms with Gasteiger partial charge in [0, 0.05) is 33.2 Å². The van der Waals surface area contributed by atoms with Crippen molar-refractivity contribution in [2.45, 2.75) is 63.1 Å². The van der Waals surface area contributed by atoms with Crippen LogP contribution in [-0.4, -0.2) is 50.9 Å². The van der Waals surface area contributed by atoms with E-state index in [0.717, 1.165) is 35.6 Å². The molecule has 0 aromatic heterocycles. The molecule has 3 aromatic rings. The Balaban J connectivity index is 1.77. The highest BCUT2D eigenvalue weighted by atomic mass is 35.5. The number of carbonyl (C=O) groups excluding carboxylic acids is 2. The van der Waals surface area contributed by atoms with E-state index in [1.807, 2.05) is 6.92 Å². The van der Waals surface area contributed by atoms with Gasteiger partial charge in [-0.2, -0.15) is 0 Å². The molecule has 0 aliphatic heterocycles. The summed E-state index contributed by atoms with van der Waals surface area (Å²) in [5.74, 6) is -0.805. The molecule has 2 amide bonds. The molecule has 1 unspecified atom stereocenters. The Kier molecular flexibility index (Phi) is 10.9. The summed E-state index contributed by atoms with van der Waals surface area (Å²) in [5, 5.41) is 3.91. The summed E-state index contributed by atoms with van der Waals surface area (Å²) in [6.07, 6.45) is 3.76. The molecule has 1 N–H and O–H groups in total. The van der Waals surface area contributed by atoms with Gasteiger partial charge < -0.3 is 15.0 Å². The van der Waals surface area contributed by atoms with Crippen molar-refractivity contribution in [2.75, 3.05) is 18.0 Å². The maximum atomic E-state index is 14.2. The number of sulfonamides is 1. The van der Waals surface area contributed by atoms with Crippen LogP contribution in [0.1, 0.15) is 43.7 Å². The van der Waals surface area contributed by atoms with Gasteiger partial charge in [-0.3, -0.25) is 13.9 Å². The van der Waals surface area contributed by atoms with Crippen LogP contribution in [0.3, 0.4) is 0 Å². The normalized spacial score (nSPS) is 14.3. The van der Waals surface area contributed by atoms with E-state index in [-0.39, 0.29) is 39.8 Å². The molecule has 0 radical (unpaired) electrons. The van der Waals surface area contributed by atoms with Crippen molar-refractivity contribution in [1.82, 2.24) is 10.2 Å². The highest BCUT2D eigenvalue weighted by Gasteiger charge is 2.35. The van der Waals surface area contributed by atoms with Crippen molar-refractivity contribution in [3.05, 3.63) is 86.9 Å². The highest BCUT2D eigenvalue weighted by Crippen LogP contribution is 2.35. The minimum Gasteiger partial charge on any atom is -0.495 e. The molecular weight excluding hydrogens is 633 g/mol. The summed E-state index contributed by atoms with van der Waals surface area (Å²) in [6, 6.07) is 14.8. The monoisotopic (exact) mass is 665 g/mol. The Labute approximate surface area is 267 Å². The van der Waals surface area contributed by atoms with Crippen LogP contribution in [-0.2, 0) is 26.2 Å². The van der Waals surface area contributed by atoms with Gasteiger partial charge in [-0.05, 0) is 69.2 Å². The third kappa shape index (κ3) is 7.76. The first-order chi connectivity index (χ1) is 20.4. The van der Waals surface area contributed by atoms with Crippen LogP contribution in [0.4, 0.5) is 5.69 Å². The van der Waals surface area contributed by atoms with Crippen molar-refractivity contribution < 1.29 is 22.7 Å². The second-order valence-electron chi connectivity index (χ2n) is 10.5. The molecule has 1 fully saturated rings. The average Bonchev–Trinajstić information content (AvgIpc) is 3.48. The number of rotatable bonds is 11. The number of nitrogens with zero attached hydrogens (tertiary/aromatic N) is 2. The molecule has 43 heavy (non-hydrogen) atoms. The summed E-state index contributed by atoms with van der Waals surface area (Å²) < 4.78 is 34.7. The first-order valence-corrected chi connectivity index (χ1v) is 16.5. The second kappa shape index (κ2) is 14.2. The quantitative estimate of drug-likeness (QED) is 0.248. The summed E-state index contributed by atoms with van der Waals surface area (Å²) in [5.41, 5.74) is 1.38. The van der Waals surface area contributed by atoms with Gasteiger partial charge >= 0.3 is 0 Å². The molecule has 12 heteroatoms. The number of halogens is 3. The van der Waals surface area contributed by atoms with Gasteiger partial charge in [0.25, 0.3) is 10.0 Å². The molecule has 0 saturated heterocycles. The minimum absolute atomic E-state index is 0.0185. The first kappa shape index (κ1) is 32.9. The molecule has 1 aliphatic rings. The zero-order valence-corrected chi connectivity index (χ0v) is 27.2. The van der Waals surface area contributed by atoms with E-state index in [1.165, 1.54) is 36.3 Å². The smallest absolute Gasteiger partial charge is 0.264 e. The molecule has 4 rings (SSSR count). The number of hydrogen-bond donors (Lipinski definition) is 1. The standard InChI is InChI=1S/C31H34Cl3N3O5S/c1-20-11-14-24(15-12-20)43(40,41)37(28-17-22(32)13-16-29(28)42-3)19-30(38)36(18-25-26(33)9-6-10-27(25)34)21(2)31(39)35-23-7-4-5-8-23/h6,9-17,21,23H,4-5,7-8,18-19H2,1-3H3,(H,35,39). The topological polar surface area (TPSA) is 96.0 Å². The zero-order valence-electron chi connectivity index (χ0n) is 24.1. The van der Waals surface area contributed by atoms with E-state index >= 15 is 0 Å². The molecule has 0 spiro atoms. The highest BCUT2D eigenvalue weighted by molar-refractivity contribution is 7.92. The Bertz CT molecular complexity index is 1560. The van der Waals surface area contributed by atoms with Crippen LogP contribution in [0.15, 0.2) is 65.6 Å². The number of carbonyl (C=O) groups is 2. The number of aryl methyl sites for hydroxylation is 1. The summed E-state index contributed by atoms with van der Waals surface area (Å²) >= 11 is 19.2. The molecule has 8 nitrogen and oxygen atoms in total. The van der Waals surface area contributed by atoms with Gasteiger partial charge in [0.2, 0.25) is 11.8 Å². The van der Waals surface area contributed by atoms with Crippen molar-refractivity contribution in [3.63, 3.8) is 0 Å². The fraction of sp³-hybridized carbons (Fsp3) is 0.355. The Hall–Kier alpha value is -2.98. The molecule has 230 valence electrons. The fourth-order valence-electron chi connectivity index (χ4n) is 5.04. The molecule has 0 heterocycles. The van der Waals surface area contributed by atoms with E-state index in [0.29, 0.717) is 15.6 Å². The summed E-state index contributed by atoms with van der Waals surface area (Å²) in [4.78, 5) is 28.9. The average molecular weight is 667 g/mol. The van der Waals surface area contributed by atoms with E-state index < -0.39 is 28.5 Å². The van der Waals surface area contributed by atoms with Gasteiger partial charge in [0.05, 0.1) is 17.7 Å². The lowest BCUT2D eigenvalue weighted by atomic mass is 10.1. The second-order valence-corrected chi connectivity index (χ2v) is 13.6. The number of amides is 2. The molecule has 0 bridgehead atoms. The molecular formula is C31H34Cl3N3O5S. The van der Waals surface area contributed by atoms with Gasteiger partial charge in [-0.1, -0.05) is 71.4 Å². The van der Waals surface area contributed by atoms with Crippen LogP contribution < -0.4 is 14.4 Å². The SMILES string of the molecule is COc1ccc(Cl)cc1N(CC(=O)N(Cc1c(Cl)cccc1Cl)C(C)C(=O)NC1CCCC1)S(=O)(=O)c1ccc(C)cc1. The largest absolute Gasteiger partial charge is 0.495 e. The third-order valence-electron chi connectivity index (χ3n) is 7.56. The van der Waals surface area contributed by atoms with Gasteiger partial charge in [-0.15, -0.1) is 0 Å². The number of hydrogen-bond acceptors (Lipinski definition) is 5. The van der Waals surface area contributed by atoms with Crippen molar-refractivity contribution >= 4 is 62.3 Å². The van der Waals surface area contributed by atoms with E-state index in [1.54, 1.807) is 43.3 Å². The number of methoxy groups -OCH3 is 1. The van der Waals surface area contributed by atoms with Crippen molar-refractivity contribution in [1.29, 1.82) is 0 Å². The van der Waals surface area contributed by atoms with E-state index in [2.05, 4.69) is 5.32 Å². The molecule has 1 aliphatic carbocycles. The fourth-order valence-corrected chi connectivity index (χ4v) is 7.14. The van der Waals surface area contributed by atoms with Crippen molar-refractivity contribution in [2.24, 2.45) is 0 Å². The Morgan fingerprint density at radius 1 is 1.00 bits per heavy atom. The molecule has 1 atom stereocenters. The lowest BCUT2D eigenvalue weighted by molar-refractivity contribution is -0.139. The first-order valence-electron chi connectivity index (χ1n) is 13.9. The number of anilines is 1. The molecule has 1 saturated carbocycles. The number of nitrogens with one attached hydrogen (secondary N) is 1. The van der Waals surface area contributed by atoms with Crippen LogP contribution in [0.5, 0.6) is 5.75 Å². The van der Waals surface area contributed by atoms with Gasteiger partial charge in [-0.25, -0.2) is 8.42 Å². The van der Waals surface area contributed by atoms with Gasteiger partial charge in [0.1, 0.15) is 18.3 Å². The maximum absolute atomic E-state index is 14.2. The van der Waals surface area contributed by atoms with Crippen LogP contribution in [0.25, 0.3) is 0 Å². The lowest BCUT2D eigenvalue weighted by Gasteiger charge is -2.33. The predicted molar refractivity (Wildman–Crippen MR) is 171 cm³/mol. The summed E-state index contributed by atoms with van der Waals surface area (Å²) in [6.45, 7) is 2.66. The van der Waals surface area contributed by atoms with Crippen LogP contribution >= 0.6 is 34.8 Å². The Morgan fingerprint density at radius 3 is 2.23 bits per heavy atom. The molecule has 3 aromatic carbocycles. The van der Waals surface area contributed by atoms with E-state index in [9.17, 15) is 18.0 Å². The predicted octanol–water partition coefficient (Wildman–Crippen LogP) is 6.64. The van der Waals surface area contributed by atoms with E-state index in [4.69, 9.17) is 39.5 Å². The lowest BCUT2D eigenvalue weighted by Crippen LogP contribution is -2.52. The number of benzene rings is 3. The minimum atomic E-state index is -4.31. The summed E-state index contributed by atoms with van der Waals surface area (Å²) in [7, 11) is -2.91. The van der Waals surface area contributed by atoms with Gasteiger partial charge in [0.15, 0.2) is 0 Å². The maximum Gasteiger partial charge on any atom is 0.264 e. The third-order valence-corrected chi connectivity index (χ3v) is 10.3. The van der Waals surface area contributed by atoms with Crippen molar-refractivity contribution in [3.8, 4) is 5.75 Å².